The van der Waals surface area contributed by atoms with Gasteiger partial charge in [-0.2, -0.15) is 28.5 Å². The summed E-state index contributed by atoms with van der Waals surface area (Å²) in [6.07, 6.45) is -2.33. The van der Waals surface area contributed by atoms with Gasteiger partial charge in [-0.25, -0.2) is 4.68 Å². The molecule has 0 fully saturated rings. The number of carbonyl (C=O) groups excluding carboxylic acids is 1. The first-order valence-corrected chi connectivity index (χ1v) is 9.08. The lowest BCUT2D eigenvalue weighted by atomic mass is 10.3. The van der Waals surface area contributed by atoms with Crippen molar-refractivity contribution in [3.8, 4) is 0 Å². The molecule has 0 saturated carbocycles. The van der Waals surface area contributed by atoms with Crippen LogP contribution < -0.4 is 5.32 Å². The summed E-state index contributed by atoms with van der Waals surface area (Å²) < 4.78 is 42.7. The summed E-state index contributed by atoms with van der Waals surface area (Å²) in [5.74, 6) is -0.342. The molecule has 0 aliphatic carbocycles. The summed E-state index contributed by atoms with van der Waals surface area (Å²) in [6.45, 7) is 6.37. The Labute approximate surface area is 165 Å². The first-order chi connectivity index (χ1) is 13.6. The van der Waals surface area contributed by atoms with Crippen molar-refractivity contribution in [1.29, 1.82) is 0 Å². The van der Waals surface area contributed by atoms with Crippen LogP contribution in [0.15, 0.2) is 24.4 Å². The zero-order valence-electron chi connectivity index (χ0n) is 16.4. The second-order valence-corrected chi connectivity index (χ2v) is 6.81. The van der Waals surface area contributed by atoms with Crippen LogP contribution in [0.25, 0.3) is 0 Å². The highest BCUT2D eigenvalue weighted by Crippen LogP contribution is 2.28. The number of hydrogen-bond donors (Lipinski definition) is 1. The number of carbonyl (C=O) groups is 1. The molecule has 156 valence electrons. The van der Waals surface area contributed by atoms with E-state index >= 15 is 0 Å². The number of rotatable bonds is 7. The van der Waals surface area contributed by atoms with Crippen molar-refractivity contribution < 1.29 is 18.0 Å². The summed E-state index contributed by atoms with van der Waals surface area (Å²) in [7, 11) is 0. The maximum Gasteiger partial charge on any atom is 0.435 e. The van der Waals surface area contributed by atoms with Crippen LogP contribution in [0.4, 0.5) is 13.2 Å². The van der Waals surface area contributed by atoms with Crippen LogP contribution in [0, 0.1) is 20.8 Å². The van der Waals surface area contributed by atoms with Gasteiger partial charge in [0.25, 0.3) is 5.91 Å². The molecule has 3 aromatic heterocycles. The Balaban J connectivity index is 1.48. The van der Waals surface area contributed by atoms with Gasteiger partial charge in [-0.3, -0.25) is 14.2 Å². The van der Waals surface area contributed by atoms with Gasteiger partial charge in [0.2, 0.25) is 0 Å². The Hall–Kier alpha value is -3.11. The van der Waals surface area contributed by atoms with Gasteiger partial charge in [0.05, 0.1) is 5.69 Å². The zero-order chi connectivity index (χ0) is 21.2. The number of hydrogen-bond acceptors (Lipinski definition) is 4. The largest absolute Gasteiger partial charge is 0.435 e. The molecule has 3 rings (SSSR count). The van der Waals surface area contributed by atoms with E-state index in [0.717, 1.165) is 17.5 Å². The molecule has 29 heavy (non-hydrogen) atoms. The van der Waals surface area contributed by atoms with Crippen molar-refractivity contribution in [3.63, 3.8) is 0 Å². The van der Waals surface area contributed by atoms with Crippen LogP contribution in [-0.4, -0.2) is 41.8 Å². The number of amides is 1. The fourth-order valence-electron chi connectivity index (χ4n) is 2.91. The van der Waals surface area contributed by atoms with Gasteiger partial charge in [-0.1, -0.05) is 0 Å². The van der Waals surface area contributed by atoms with E-state index in [-0.39, 0.29) is 18.1 Å². The highest BCUT2D eigenvalue weighted by atomic mass is 19.4. The average Bonchev–Trinajstić information content (AvgIpc) is 3.31. The zero-order valence-corrected chi connectivity index (χ0v) is 16.4. The third kappa shape index (κ3) is 5.04. The Morgan fingerprint density at radius 3 is 2.41 bits per heavy atom. The number of aromatic nitrogens is 6. The minimum atomic E-state index is -4.46. The maximum atomic E-state index is 12.7. The molecule has 0 unspecified atom stereocenters. The number of nitrogens with zero attached hydrogens (tertiary/aromatic N) is 6. The summed E-state index contributed by atoms with van der Waals surface area (Å²) in [5, 5.41) is 14.9. The molecule has 8 nitrogen and oxygen atoms in total. The van der Waals surface area contributed by atoms with E-state index in [0.29, 0.717) is 25.3 Å². The number of nitrogens with one attached hydrogen (secondary N) is 1. The second kappa shape index (κ2) is 8.10. The fourth-order valence-corrected chi connectivity index (χ4v) is 2.91. The number of aryl methyl sites for hydroxylation is 4. The fraction of sp³-hybridized carbons (Fsp3) is 0.444. The van der Waals surface area contributed by atoms with Crippen molar-refractivity contribution in [2.45, 2.75) is 46.6 Å². The van der Waals surface area contributed by atoms with Crippen molar-refractivity contribution in [2.75, 3.05) is 6.54 Å². The van der Waals surface area contributed by atoms with Gasteiger partial charge in [0.15, 0.2) is 5.69 Å². The van der Waals surface area contributed by atoms with E-state index in [1.165, 1.54) is 4.68 Å². The first-order valence-electron chi connectivity index (χ1n) is 9.08. The molecule has 0 spiro atoms. The summed E-state index contributed by atoms with van der Waals surface area (Å²) in [6, 6.07) is 4.57. The molecule has 0 atom stereocenters. The monoisotopic (exact) mass is 409 g/mol. The summed E-state index contributed by atoms with van der Waals surface area (Å²) in [5.41, 5.74) is 1.67. The van der Waals surface area contributed by atoms with Crippen molar-refractivity contribution in [3.05, 3.63) is 52.9 Å². The van der Waals surface area contributed by atoms with E-state index in [2.05, 4.69) is 20.6 Å². The number of alkyl halides is 3. The molecule has 11 heteroatoms. The van der Waals surface area contributed by atoms with Crippen molar-refractivity contribution in [2.24, 2.45) is 0 Å². The quantitative estimate of drug-likeness (QED) is 0.608. The topological polar surface area (TPSA) is 82.6 Å². The molecule has 0 bridgehead atoms. The van der Waals surface area contributed by atoms with E-state index in [1.807, 2.05) is 19.9 Å². The van der Waals surface area contributed by atoms with Gasteiger partial charge in [-0.15, -0.1) is 0 Å². The Morgan fingerprint density at radius 1 is 1.07 bits per heavy atom. The van der Waals surface area contributed by atoms with Gasteiger partial charge < -0.3 is 5.32 Å². The third-order valence-electron chi connectivity index (χ3n) is 4.36. The van der Waals surface area contributed by atoms with Crippen LogP contribution in [0.2, 0.25) is 0 Å². The summed E-state index contributed by atoms with van der Waals surface area (Å²) in [4.78, 5) is 12.2. The van der Waals surface area contributed by atoms with Crippen molar-refractivity contribution >= 4 is 5.91 Å². The van der Waals surface area contributed by atoms with E-state index < -0.39 is 11.9 Å². The smallest absolute Gasteiger partial charge is 0.351 e. The molecule has 0 aliphatic rings. The van der Waals surface area contributed by atoms with Crippen LogP contribution in [0.5, 0.6) is 0 Å². The van der Waals surface area contributed by atoms with Crippen molar-refractivity contribution in [1.82, 2.24) is 34.7 Å². The Kier molecular flexibility index (Phi) is 5.76. The molecular weight excluding hydrogens is 387 g/mol. The third-order valence-corrected chi connectivity index (χ3v) is 4.36. The highest BCUT2D eigenvalue weighted by molar-refractivity contribution is 5.92. The molecule has 3 heterocycles. The molecular formula is C18H22F3N7O. The van der Waals surface area contributed by atoms with Gasteiger partial charge in [-0.05, 0) is 45.4 Å². The average molecular weight is 409 g/mol. The molecule has 0 aliphatic heterocycles. The Morgan fingerprint density at radius 2 is 1.79 bits per heavy atom. The maximum absolute atomic E-state index is 12.7. The van der Waals surface area contributed by atoms with E-state index in [9.17, 15) is 18.0 Å². The van der Waals surface area contributed by atoms with Gasteiger partial charge in [0.1, 0.15) is 12.4 Å². The predicted octanol–water partition coefficient (Wildman–Crippen LogP) is 2.55. The molecule has 3 aromatic rings. The van der Waals surface area contributed by atoms with E-state index in [1.54, 1.807) is 28.6 Å². The van der Waals surface area contributed by atoms with Crippen LogP contribution >= 0.6 is 0 Å². The van der Waals surface area contributed by atoms with Crippen LogP contribution in [0.3, 0.4) is 0 Å². The normalized spacial score (nSPS) is 11.8. The lowest BCUT2D eigenvalue weighted by Gasteiger charge is -2.06. The number of halogens is 3. The molecule has 0 radical (unpaired) electrons. The SMILES string of the molecule is Cc1cc(C)n(Cn2ccc(C(=O)NCCCn3nc(C(F)(F)F)cc3C)n2)n1. The second-order valence-electron chi connectivity index (χ2n) is 6.81. The van der Waals surface area contributed by atoms with Gasteiger partial charge >= 0.3 is 6.18 Å². The predicted molar refractivity (Wildman–Crippen MR) is 98.2 cm³/mol. The van der Waals surface area contributed by atoms with Gasteiger partial charge in [0, 0.05) is 30.7 Å². The van der Waals surface area contributed by atoms with Crippen LogP contribution in [0.1, 0.15) is 39.7 Å². The first kappa shape index (κ1) is 20.6. The molecule has 0 saturated heterocycles. The lowest BCUT2D eigenvalue weighted by molar-refractivity contribution is -0.141. The van der Waals surface area contributed by atoms with E-state index in [4.69, 9.17) is 0 Å². The minimum absolute atomic E-state index is 0.265. The van der Waals surface area contributed by atoms with Crippen LogP contribution in [-0.2, 0) is 19.4 Å². The Bertz CT molecular complexity index is 1000. The minimum Gasteiger partial charge on any atom is -0.351 e. The molecule has 1 N–H and O–H groups in total. The molecule has 1 amide bonds. The lowest BCUT2D eigenvalue weighted by Crippen LogP contribution is -2.26. The highest BCUT2D eigenvalue weighted by Gasteiger charge is 2.34. The molecule has 0 aromatic carbocycles. The summed E-state index contributed by atoms with van der Waals surface area (Å²) >= 11 is 0. The standard InChI is InChI=1S/C18H22F3N7O/c1-12-9-13(2)28(23-12)11-26-8-5-15(24-26)17(29)22-6-4-7-27-14(3)10-16(25-27)18(19,20)21/h5,8-10H,4,6-7,11H2,1-3H3,(H,22,29).